The Morgan fingerprint density at radius 1 is 1.29 bits per heavy atom. The standard InChI is InChI=1S/C16H26N2O3/c1-12(19)10-16(2,3)11-18-15(21)17-9-8-13-6-4-5-7-14(13)20/h4-7,12,19-20H,8-11H2,1-3H3,(H2,17,18,21). The molecule has 1 atom stereocenters. The van der Waals surface area contributed by atoms with Crippen molar-refractivity contribution in [3.05, 3.63) is 29.8 Å². The molecule has 0 saturated heterocycles. The molecule has 0 aliphatic carbocycles. The molecule has 4 N–H and O–H groups in total. The lowest BCUT2D eigenvalue weighted by atomic mass is 9.87. The van der Waals surface area contributed by atoms with Crippen LogP contribution < -0.4 is 10.6 Å². The summed E-state index contributed by atoms with van der Waals surface area (Å²) in [5.41, 5.74) is 0.663. The van der Waals surface area contributed by atoms with Gasteiger partial charge >= 0.3 is 6.03 Å². The van der Waals surface area contributed by atoms with Crippen LogP contribution in [0.3, 0.4) is 0 Å². The quantitative estimate of drug-likeness (QED) is 0.621. The molecule has 0 aromatic heterocycles. The zero-order valence-electron chi connectivity index (χ0n) is 13.0. The first-order valence-corrected chi connectivity index (χ1v) is 7.27. The minimum Gasteiger partial charge on any atom is -0.508 e. The first-order valence-electron chi connectivity index (χ1n) is 7.27. The highest BCUT2D eigenvalue weighted by atomic mass is 16.3. The van der Waals surface area contributed by atoms with E-state index in [1.165, 1.54) is 0 Å². The van der Waals surface area contributed by atoms with Crippen molar-refractivity contribution < 1.29 is 15.0 Å². The van der Waals surface area contributed by atoms with Gasteiger partial charge in [-0.2, -0.15) is 0 Å². The van der Waals surface area contributed by atoms with Crippen LogP contribution in [0.4, 0.5) is 4.79 Å². The van der Waals surface area contributed by atoms with Crippen LogP contribution in [0.25, 0.3) is 0 Å². The van der Waals surface area contributed by atoms with E-state index >= 15 is 0 Å². The van der Waals surface area contributed by atoms with Gasteiger partial charge in [-0.25, -0.2) is 4.79 Å². The van der Waals surface area contributed by atoms with Crippen molar-refractivity contribution >= 4 is 6.03 Å². The number of para-hydroxylation sites is 1. The number of nitrogens with one attached hydrogen (secondary N) is 2. The average Bonchev–Trinajstić information content (AvgIpc) is 2.37. The predicted molar refractivity (Wildman–Crippen MR) is 83.3 cm³/mol. The SMILES string of the molecule is CC(O)CC(C)(C)CNC(=O)NCCc1ccccc1O. The Hall–Kier alpha value is -1.75. The first-order chi connectivity index (χ1) is 9.80. The number of aliphatic hydroxyl groups is 1. The third-order valence-corrected chi connectivity index (χ3v) is 3.25. The lowest BCUT2D eigenvalue weighted by molar-refractivity contribution is 0.129. The van der Waals surface area contributed by atoms with Gasteiger partial charge in [0.2, 0.25) is 0 Å². The van der Waals surface area contributed by atoms with Gasteiger partial charge in [0.05, 0.1) is 6.10 Å². The maximum absolute atomic E-state index is 11.7. The molecule has 1 aromatic carbocycles. The summed E-state index contributed by atoms with van der Waals surface area (Å²) in [4.78, 5) is 11.7. The predicted octanol–water partition coefficient (Wildman–Crippen LogP) is 2.03. The number of hydrogen-bond donors (Lipinski definition) is 4. The second-order valence-corrected chi connectivity index (χ2v) is 6.21. The van der Waals surface area contributed by atoms with Crippen LogP contribution in [-0.2, 0) is 6.42 Å². The lowest BCUT2D eigenvalue weighted by Crippen LogP contribution is -2.42. The zero-order chi connectivity index (χ0) is 15.9. The molecule has 1 aromatic rings. The summed E-state index contributed by atoms with van der Waals surface area (Å²) in [6, 6.07) is 6.86. The zero-order valence-corrected chi connectivity index (χ0v) is 13.0. The molecule has 5 heteroatoms. The fraction of sp³-hybridized carbons (Fsp3) is 0.562. The summed E-state index contributed by atoms with van der Waals surface area (Å²) < 4.78 is 0. The van der Waals surface area contributed by atoms with Crippen LogP contribution in [-0.4, -0.2) is 35.4 Å². The Bertz CT molecular complexity index is 459. The molecule has 21 heavy (non-hydrogen) atoms. The number of carbonyl (C=O) groups excluding carboxylic acids is 1. The molecular weight excluding hydrogens is 268 g/mol. The number of aromatic hydroxyl groups is 1. The van der Waals surface area contributed by atoms with E-state index in [0.717, 1.165) is 5.56 Å². The van der Waals surface area contributed by atoms with Gasteiger partial charge in [0, 0.05) is 13.1 Å². The van der Waals surface area contributed by atoms with Gasteiger partial charge in [-0.15, -0.1) is 0 Å². The summed E-state index contributed by atoms with van der Waals surface area (Å²) in [5, 5.41) is 24.6. The number of aliphatic hydroxyl groups excluding tert-OH is 1. The lowest BCUT2D eigenvalue weighted by Gasteiger charge is -2.26. The number of benzene rings is 1. The molecule has 2 amide bonds. The Balaban J connectivity index is 2.27. The number of phenols is 1. The average molecular weight is 294 g/mol. The summed E-state index contributed by atoms with van der Waals surface area (Å²) in [6.07, 6.45) is 0.827. The normalized spacial score (nSPS) is 12.8. The van der Waals surface area contributed by atoms with Gasteiger partial charge in [0.25, 0.3) is 0 Å². The van der Waals surface area contributed by atoms with Gasteiger partial charge in [-0.05, 0) is 36.8 Å². The number of phenolic OH excluding ortho intramolecular Hbond substituents is 1. The molecule has 0 aliphatic heterocycles. The second kappa shape index (κ2) is 7.88. The van der Waals surface area contributed by atoms with Gasteiger partial charge in [-0.3, -0.25) is 0 Å². The molecule has 0 saturated carbocycles. The van der Waals surface area contributed by atoms with E-state index in [1.54, 1.807) is 19.1 Å². The van der Waals surface area contributed by atoms with Crippen molar-refractivity contribution in [3.63, 3.8) is 0 Å². The topological polar surface area (TPSA) is 81.6 Å². The molecule has 118 valence electrons. The van der Waals surface area contributed by atoms with Crippen molar-refractivity contribution in [2.75, 3.05) is 13.1 Å². The van der Waals surface area contributed by atoms with E-state index in [0.29, 0.717) is 25.9 Å². The molecule has 5 nitrogen and oxygen atoms in total. The number of urea groups is 1. The molecule has 0 heterocycles. The molecular formula is C16H26N2O3. The largest absolute Gasteiger partial charge is 0.508 e. The third-order valence-electron chi connectivity index (χ3n) is 3.25. The molecule has 0 fully saturated rings. The van der Waals surface area contributed by atoms with Crippen molar-refractivity contribution in [1.29, 1.82) is 0 Å². The number of hydrogen-bond acceptors (Lipinski definition) is 3. The molecule has 0 aliphatic rings. The van der Waals surface area contributed by atoms with Crippen molar-refractivity contribution in [1.82, 2.24) is 10.6 Å². The highest BCUT2D eigenvalue weighted by Gasteiger charge is 2.20. The summed E-state index contributed by atoms with van der Waals surface area (Å²) in [5.74, 6) is 0.248. The Morgan fingerprint density at radius 2 is 1.95 bits per heavy atom. The van der Waals surface area contributed by atoms with E-state index in [2.05, 4.69) is 10.6 Å². The van der Waals surface area contributed by atoms with Gasteiger partial charge in [-0.1, -0.05) is 32.0 Å². The van der Waals surface area contributed by atoms with Crippen molar-refractivity contribution in [3.8, 4) is 5.75 Å². The number of carbonyl (C=O) groups is 1. The fourth-order valence-corrected chi connectivity index (χ4v) is 2.29. The number of rotatable bonds is 7. The summed E-state index contributed by atoms with van der Waals surface area (Å²) >= 11 is 0. The summed E-state index contributed by atoms with van der Waals surface area (Å²) in [6.45, 7) is 6.71. The minimum absolute atomic E-state index is 0.150. The van der Waals surface area contributed by atoms with Crippen LogP contribution >= 0.6 is 0 Å². The number of amides is 2. The van der Waals surface area contributed by atoms with Gasteiger partial charge in [0.15, 0.2) is 0 Å². The van der Waals surface area contributed by atoms with Gasteiger partial charge in [0.1, 0.15) is 5.75 Å². The molecule has 0 bridgehead atoms. The maximum atomic E-state index is 11.7. The monoisotopic (exact) mass is 294 g/mol. The minimum atomic E-state index is -0.383. The molecule has 1 rings (SSSR count). The third kappa shape index (κ3) is 6.99. The first kappa shape index (κ1) is 17.3. The van der Waals surface area contributed by atoms with E-state index in [-0.39, 0.29) is 23.3 Å². The van der Waals surface area contributed by atoms with E-state index in [4.69, 9.17) is 0 Å². The van der Waals surface area contributed by atoms with Crippen LogP contribution in [0.5, 0.6) is 5.75 Å². The highest BCUT2D eigenvalue weighted by Crippen LogP contribution is 2.21. The smallest absolute Gasteiger partial charge is 0.314 e. The molecule has 0 radical (unpaired) electrons. The molecule has 0 spiro atoms. The Labute approximate surface area is 126 Å². The fourth-order valence-electron chi connectivity index (χ4n) is 2.29. The van der Waals surface area contributed by atoms with Crippen molar-refractivity contribution in [2.45, 2.75) is 39.7 Å². The second-order valence-electron chi connectivity index (χ2n) is 6.21. The van der Waals surface area contributed by atoms with E-state index in [1.807, 2.05) is 26.0 Å². The summed E-state index contributed by atoms with van der Waals surface area (Å²) in [7, 11) is 0. The van der Waals surface area contributed by atoms with Crippen LogP contribution in [0.2, 0.25) is 0 Å². The van der Waals surface area contributed by atoms with Gasteiger partial charge < -0.3 is 20.8 Å². The highest BCUT2D eigenvalue weighted by molar-refractivity contribution is 5.73. The van der Waals surface area contributed by atoms with E-state index in [9.17, 15) is 15.0 Å². The van der Waals surface area contributed by atoms with E-state index < -0.39 is 0 Å². The Kier molecular flexibility index (Phi) is 6.49. The maximum Gasteiger partial charge on any atom is 0.314 e. The van der Waals surface area contributed by atoms with Crippen LogP contribution in [0.1, 0.15) is 32.8 Å². The molecule has 1 unspecified atom stereocenters. The Morgan fingerprint density at radius 3 is 2.57 bits per heavy atom. The van der Waals surface area contributed by atoms with Crippen LogP contribution in [0.15, 0.2) is 24.3 Å². The van der Waals surface area contributed by atoms with Crippen molar-refractivity contribution in [2.24, 2.45) is 5.41 Å². The van der Waals surface area contributed by atoms with Crippen LogP contribution in [0, 0.1) is 5.41 Å².